The molecule has 4 rings (SSSR count). The van der Waals surface area contributed by atoms with E-state index in [9.17, 15) is 13.2 Å². The first-order valence-electron chi connectivity index (χ1n) is 11.4. The number of sulfonamides is 1. The number of anilines is 1. The van der Waals surface area contributed by atoms with Gasteiger partial charge in [-0.2, -0.15) is 0 Å². The summed E-state index contributed by atoms with van der Waals surface area (Å²) in [7, 11) is -3.73. The van der Waals surface area contributed by atoms with Crippen molar-refractivity contribution in [2.75, 3.05) is 50.1 Å². The molecular formula is C24H31N3O6S. The summed E-state index contributed by atoms with van der Waals surface area (Å²) in [5.41, 5.74) is 2.49. The lowest BCUT2D eigenvalue weighted by Gasteiger charge is -2.29. The molecule has 2 aromatic carbocycles. The lowest BCUT2D eigenvalue weighted by molar-refractivity contribution is -0.122. The van der Waals surface area contributed by atoms with E-state index in [-0.39, 0.29) is 0 Å². The van der Waals surface area contributed by atoms with E-state index in [4.69, 9.17) is 14.2 Å². The smallest absolute Gasteiger partial charge is 0.243 e. The van der Waals surface area contributed by atoms with Crippen LogP contribution in [0.25, 0.3) is 0 Å². The topological polar surface area (TPSA) is 97.4 Å². The average molecular weight is 490 g/mol. The van der Waals surface area contributed by atoms with Crippen LogP contribution in [0.3, 0.4) is 0 Å². The Morgan fingerprint density at radius 3 is 2.32 bits per heavy atom. The van der Waals surface area contributed by atoms with Crippen LogP contribution in [0.2, 0.25) is 0 Å². The van der Waals surface area contributed by atoms with Crippen LogP contribution in [0.15, 0.2) is 42.5 Å². The maximum atomic E-state index is 12.9. The van der Waals surface area contributed by atoms with E-state index in [1.807, 2.05) is 12.1 Å². The Bertz CT molecular complexity index is 1100. The molecule has 0 aliphatic carbocycles. The summed E-state index contributed by atoms with van der Waals surface area (Å²) in [6, 6.07) is 12.0. The highest BCUT2D eigenvalue weighted by molar-refractivity contribution is 7.92. The number of fused-ring (bicyclic) bond motifs is 1. The zero-order chi connectivity index (χ0) is 24.1. The molecule has 184 valence electrons. The van der Waals surface area contributed by atoms with E-state index in [1.165, 1.54) is 5.56 Å². The summed E-state index contributed by atoms with van der Waals surface area (Å²) < 4.78 is 42.7. The quantitative estimate of drug-likeness (QED) is 0.604. The largest absolute Gasteiger partial charge is 0.486 e. The first-order chi connectivity index (χ1) is 16.3. The normalized spacial score (nSPS) is 17.1. The van der Waals surface area contributed by atoms with Crippen molar-refractivity contribution in [1.29, 1.82) is 0 Å². The van der Waals surface area contributed by atoms with E-state index >= 15 is 0 Å². The summed E-state index contributed by atoms with van der Waals surface area (Å²) in [4.78, 5) is 15.3. The number of amides is 1. The molecule has 1 amide bonds. The summed E-state index contributed by atoms with van der Waals surface area (Å²) >= 11 is 0. The van der Waals surface area contributed by atoms with E-state index in [0.29, 0.717) is 36.9 Å². The van der Waals surface area contributed by atoms with Crippen molar-refractivity contribution in [3.8, 4) is 11.5 Å². The van der Waals surface area contributed by atoms with Gasteiger partial charge in [0.25, 0.3) is 0 Å². The van der Waals surface area contributed by atoms with Crippen molar-refractivity contribution in [1.82, 2.24) is 10.2 Å². The Morgan fingerprint density at radius 1 is 1.00 bits per heavy atom. The number of hydrogen-bond acceptors (Lipinski definition) is 7. The fraction of sp³-hybridized carbons (Fsp3) is 0.458. The fourth-order valence-electron chi connectivity index (χ4n) is 4.09. The molecule has 1 atom stereocenters. The van der Waals surface area contributed by atoms with Crippen LogP contribution < -0.4 is 19.1 Å². The van der Waals surface area contributed by atoms with Gasteiger partial charge in [0.1, 0.15) is 19.3 Å². The number of benzene rings is 2. The number of ether oxygens (including phenoxy) is 3. The molecule has 0 unspecified atom stereocenters. The molecule has 34 heavy (non-hydrogen) atoms. The van der Waals surface area contributed by atoms with E-state index in [1.54, 1.807) is 25.1 Å². The Morgan fingerprint density at radius 2 is 1.65 bits per heavy atom. The summed E-state index contributed by atoms with van der Waals surface area (Å²) in [5.74, 6) is 0.623. The van der Waals surface area contributed by atoms with Crippen molar-refractivity contribution in [2.24, 2.45) is 0 Å². The summed E-state index contributed by atoms with van der Waals surface area (Å²) in [6.45, 7) is 6.94. The van der Waals surface area contributed by atoms with Crippen LogP contribution >= 0.6 is 0 Å². The van der Waals surface area contributed by atoms with Gasteiger partial charge in [-0.1, -0.05) is 24.3 Å². The van der Waals surface area contributed by atoms with Crippen LogP contribution in [0, 0.1) is 0 Å². The fourth-order valence-corrected chi connectivity index (χ4v) is 5.26. The number of rotatable bonds is 8. The van der Waals surface area contributed by atoms with Crippen LogP contribution in [-0.4, -0.2) is 71.0 Å². The number of carbonyl (C=O) groups is 1. The third-order valence-electron chi connectivity index (χ3n) is 5.87. The first kappa shape index (κ1) is 24.3. The van der Waals surface area contributed by atoms with Crippen LogP contribution in [0.5, 0.6) is 11.5 Å². The first-order valence-corrected chi connectivity index (χ1v) is 13.2. The van der Waals surface area contributed by atoms with E-state index in [2.05, 4.69) is 22.3 Å². The minimum absolute atomic E-state index is 0.305. The number of nitrogens with one attached hydrogen (secondary N) is 1. The van der Waals surface area contributed by atoms with Gasteiger partial charge in [0.2, 0.25) is 15.9 Å². The standard InChI is InChI=1S/C24H31N3O6S/c1-18(27(34(2,29)30)21-7-8-22-23(15-21)33-14-13-32-22)24(28)25-16-19-3-5-20(6-4-19)17-26-9-11-31-12-10-26/h3-8,15,18H,9-14,16-17H2,1-2H3,(H,25,28)/t18-/m0/s1. The van der Waals surface area contributed by atoms with Gasteiger partial charge in [-0.05, 0) is 30.2 Å². The van der Waals surface area contributed by atoms with Crippen molar-refractivity contribution >= 4 is 21.6 Å². The zero-order valence-corrected chi connectivity index (χ0v) is 20.3. The molecular weight excluding hydrogens is 458 g/mol. The second kappa shape index (κ2) is 10.6. The third-order valence-corrected chi connectivity index (χ3v) is 7.11. The van der Waals surface area contributed by atoms with E-state index < -0.39 is 22.0 Å². The van der Waals surface area contributed by atoms with Crippen molar-refractivity contribution in [2.45, 2.75) is 26.1 Å². The van der Waals surface area contributed by atoms with Crippen molar-refractivity contribution in [3.63, 3.8) is 0 Å². The van der Waals surface area contributed by atoms with Crippen LogP contribution in [0.1, 0.15) is 18.1 Å². The third kappa shape index (κ3) is 5.99. The molecule has 0 bridgehead atoms. The molecule has 2 heterocycles. The van der Waals surface area contributed by atoms with Crippen LogP contribution in [0.4, 0.5) is 5.69 Å². The average Bonchev–Trinajstić information content (AvgIpc) is 2.83. The van der Waals surface area contributed by atoms with Crippen LogP contribution in [-0.2, 0) is 32.6 Å². The molecule has 0 radical (unpaired) electrons. The predicted molar refractivity (Wildman–Crippen MR) is 129 cm³/mol. The lowest BCUT2D eigenvalue weighted by Crippen LogP contribution is -2.47. The van der Waals surface area contributed by atoms with Crippen molar-refractivity contribution < 1.29 is 27.4 Å². The van der Waals surface area contributed by atoms with Gasteiger partial charge in [-0.15, -0.1) is 0 Å². The Kier molecular flexibility index (Phi) is 7.60. The molecule has 1 N–H and O–H groups in total. The Hall–Kier alpha value is -2.82. The van der Waals surface area contributed by atoms with Gasteiger partial charge in [0.15, 0.2) is 11.5 Å². The van der Waals surface area contributed by atoms with Crippen molar-refractivity contribution in [3.05, 3.63) is 53.6 Å². The molecule has 1 fully saturated rings. The highest BCUT2D eigenvalue weighted by atomic mass is 32.2. The molecule has 0 aromatic heterocycles. The molecule has 10 heteroatoms. The second-order valence-electron chi connectivity index (χ2n) is 8.49. The SMILES string of the molecule is C[C@@H](C(=O)NCc1ccc(CN2CCOCC2)cc1)N(c1ccc2c(c1)OCCO2)S(C)(=O)=O. The molecule has 0 saturated carbocycles. The molecule has 2 aliphatic heterocycles. The highest BCUT2D eigenvalue weighted by Gasteiger charge is 2.30. The number of nitrogens with zero attached hydrogens (tertiary/aromatic N) is 2. The molecule has 2 aromatic rings. The maximum absolute atomic E-state index is 12.9. The minimum atomic E-state index is -3.73. The predicted octanol–water partition coefficient (Wildman–Crippen LogP) is 1.76. The molecule has 2 aliphatic rings. The van der Waals surface area contributed by atoms with Gasteiger partial charge in [-0.3, -0.25) is 14.0 Å². The Balaban J connectivity index is 1.39. The van der Waals surface area contributed by atoms with Gasteiger partial charge >= 0.3 is 0 Å². The van der Waals surface area contributed by atoms with E-state index in [0.717, 1.165) is 49.0 Å². The number of carbonyl (C=O) groups excluding carboxylic acids is 1. The minimum Gasteiger partial charge on any atom is -0.486 e. The summed E-state index contributed by atoms with van der Waals surface area (Å²) in [6.07, 6.45) is 1.08. The molecule has 1 saturated heterocycles. The summed E-state index contributed by atoms with van der Waals surface area (Å²) in [5, 5.41) is 2.86. The molecule has 9 nitrogen and oxygen atoms in total. The van der Waals surface area contributed by atoms with Gasteiger partial charge < -0.3 is 19.5 Å². The Labute approximate surface area is 200 Å². The number of hydrogen-bond donors (Lipinski definition) is 1. The van der Waals surface area contributed by atoms with Gasteiger partial charge in [0.05, 0.1) is 25.2 Å². The monoisotopic (exact) mass is 489 g/mol. The maximum Gasteiger partial charge on any atom is 0.243 e. The second-order valence-corrected chi connectivity index (χ2v) is 10.3. The molecule has 0 spiro atoms. The van der Waals surface area contributed by atoms with Gasteiger partial charge in [0, 0.05) is 32.2 Å². The zero-order valence-electron chi connectivity index (χ0n) is 19.5. The lowest BCUT2D eigenvalue weighted by atomic mass is 10.1. The van der Waals surface area contributed by atoms with Gasteiger partial charge in [-0.25, -0.2) is 8.42 Å². The number of morpholine rings is 1. The highest BCUT2D eigenvalue weighted by Crippen LogP contribution is 2.35.